The summed E-state index contributed by atoms with van der Waals surface area (Å²) in [5.41, 5.74) is 4.42. The molecule has 7 heterocycles. The van der Waals surface area contributed by atoms with Crippen LogP contribution in [0.15, 0.2) is 207 Å². The molecule has 0 aliphatic rings. The number of carbonyl (C=O) groups is 2. The first-order valence-corrected chi connectivity index (χ1v) is 28.1. The summed E-state index contributed by atoms with van der Waals surface area (Å²) in [5, 5.41) is 30.6. The van der Waals surface area contributed by atoms with Gasteiger partial charge in [-0.1, -0.05) is 119 Å². The van der Waals surface area contributed by atoms with Crippen LogP contribution in [0.4, 0.5) is 40.8 Å². The first kappa shape index (κ1) is 94.2. The number of hydrogen-bond acceptors (Lipinski definition) is 12. The topological polar surface area (TPSA) is 193 Å². The number of aromatic nitrogens is 8. The molecule has 100 heavy (non-hydrogen) atoms. The quantitative estimate of drug-likeness (QED) is 0.0407. The number of halogens is 8. The fourth-order valence-electron chi connectivity index (χ4n) is 7.02. The Morgan fingerprint density at radius 2 is 1.02 bits per heavy atom. The molecule has 0 aliphatic heterocycles. The van der Waals surface area contributed by atoms with Crippen LogP contribution in [0.5, 0.6) is 0 Å². The van der Waals surface area contributed by atoms with Crippen molar-refractivity contribution in [2.24, 2.45) is 10.8 Å². The summed E-state index contributed by atoms with van der Waals surface area (Å²) in [5.74, 6) is -6.70. The van der Waals surface area contributed by atoms with Crippen LogP contribution < -0.4 is 4.90 Å². The molecule has 5 radical (unpaired) electrons. The smallest absolute Gasteiger partial charge is 0.354 e. The third-order valence-corrected chi connectivity index (χ3v) is 12.0. The van der Waals surface area contributed by atoms with Crippen molar-refractivity contribution in [3.8, 4) is 50.7 Å². The Morgan fingerprint density at radius 1 is 0.520 bits per heavy atom. The summed E-state index contributed by atoms with van der Waals surface area (Å²) in [6.07, 6.45) is 12.2. The maximum Gasteiger partial charge on any atom is 0.354 e. The molecule has 4 aromatic carbocycles. The average molecular weight is 2260 g/mol. The van der Waals surface area contributed by atoms with Gasteiger partial charge in [-0.3, -0.25) is 40.8 Å². The van der Waals surface area contributed by atoms with E-state index in [2.05, 4.69) is 65.3 Å². The molecular formula is C73H65F8Ir5N9O5-6. The van der Waals surface area contributed by atoms with Crippen LogP contribution in [-0.2, 0) is 112 Å². The number of benzene rings is 4. The molecular weight excluding hydrogens is 2200 g/mol. The van der Waals surface area contributed by atoms with Crippen LogP contribution in [0.3, 0.4) is 0 Å². The van der Waals surface area contributed by atoms with E-state index in [4.69, 9.17) is 10.2 Å². The van der Waals surface area contributed by atoms with Crippen LogP contribution in [0.1, 0.15) is 57.6 Å². The molecule has 0 aliphatic carbocycles. The minimum Gasteiger partial charge on any atom is -0.512 e. The van der Waals surface area contributed by atoms with Gasteiger partial charge in [0.15, 0.2) is 5.78 Å². The van der Waals surface area contributed by atoms with Crippen molar-refractivity contribution in [2.45, 2.75) is 48.1 Å². The minimum atomic E-state index is -0.990. The normalized spacial score (nSPS) is 10.0. The van der Waals surface area contributed by atoms with Crippen LogP contribution in [0.25, 0.3) is 50.7 Å². The first-order valence-electron chi connectivity index (χ1n) is 28.1. The number of rotatable bonds is 9. The summed E-state index contributed by atoms with van der Waals surface area (Å²) >= 11 is 0. The van der Waals surface area contributed by atoms with Gasteiger partial charge in [-0.25, -0.2) is 18.6 Å². The SMILES string of the molecule is CC(C)(C)C(=O)C=C(O)C(C)(C)C.CN(C)c1ccnc(-c2[c-]cc(F)nc2F)c1.Fc1c[c-]c(-c2ccccn2)c(F)c1.Fc1c[c-]c(-n2cccn2)c(F)c1.O=C(O)c1ccccn1.OCc1ccnc(-c2[c-]cc(F)cc2F)c1.[CH3-].[Ir].[Ir].[Ir].[Ir].[Ir].[c-]1ccccc1-c1ccccn1. The molecule has 0 bridgehead atoms. The second-order valence-corrected chi connectivity index (χ2v) is 21.6. The van der Waals surface area contributed by atoms with E-state index in [-0.39, 0.29) is 160 Å². The molecule has 11 aromatic rings. The van der Waals surface area contributed by atoms with E-state index in [1.807, 2.05) is 103 Å². The predicted octanol–water partition coefficient (Wildman–Crippen LogP) is 16.2. The van der Waals surface area contributed by atoms with E-state index in [0.29, 0.717) is 22.6 Å². The summed E-state index contributed by atoms with van der Waals surface area (Å²) < 4.78 is 105. The van der Waals surface area contributed by atoms with Crippen molar-refractivity contribution in [3.05, 3.63) is 303 Å². The van der Waals surface area contributed by atoms with Gasteiger partial charge in [0, 0.05) is 215 Å². The second-order valence-electron chi connectivity index (χ2n) is 21.6. The number of aromatic carboxylic acids is 1. The van der Waals surface area contributed by atoms with Crippen LogP contribution in [0, 0.1) is 95.4 Å². The Balaban J connectivity index is 0. The number of carboxylic acids is 1. The van der Waals surface area contributed by atoms with Gasteiger partial charge in [-0.2, -0.15) is 11.2 Å². The maximum atomic E-state index is 13.4. The summed E-state index contributed by atoms with van der Waals surface area (Å²) in [6.45, 7) is 11.0. The average Bonchev–Trinajstić information content (AvgIpc) is 1.05. The molecule has 3 N–H and O–H groups in total. The van der Waals surface area contributed by atoms with Gasteiger partial charge in [0.1, 0.15) is 23.3 Å². The van der Waals surface area contributed by atoms with E-state index in [0.717, 1.165) is 59.4 Å². The van der Waals surface area contributed by atoms with Crippen molar-refractivity contribution in [1.82, 2.24) is 39.7 Å². The number of allylic oxidation sites excluding steroid dienone is 2. The number of aliphatic hydroxyl groups excluding tert-OH is 2. The number of pyridine rings is 6. The third-order valence-electron chi connectivity index (χ3n) is 12.0. The van der Waals surface area contributed by atoms with E-state index in [9.17, 15) is 49.8 Å². The third kappa shape index (κ3) is 32.2. The molecule has 0 spiro atoms. The van der Waals surface area contributed by atoms with Crippen molar-refractivity contribution in [1.29, 1.82) is 0 Å². The zero-order chi connectivity index (χ0) is 69.0. The van der Waals surface area contributed by atoms with E-state index in [1.54, 1.807) is 79.4 Å². The summed E-state index contributed by atoms with van der Waals surface area (Å²) in [7, 11) is 3.73. The van der Waals surface area contributed by atoms with E-state index in [1.165, 1.54) is 41.5 Å². The standard InChI is InChI=1S/C12H10F2N3.C12H8F2NO.C11H6F2N.C11H8N.C11H20O2.C9H5F2N2.C6H5NO2.CH3.5Ir/c1-17(2)8-5-6-15-10(7-8)9-3-4-11(13)16-12(9)14;13-9-1-2-10(11(14)6-9)12-5-8(7-16)3-4-15-12;12-8-4-5-9(10(13)7-8)11-3-1-2-6-14-11;1-2-6-10(7-3-1)11-8-4-5-9-12-11;1-10(2,3)8(12)7-9(13)11(4,5)6;10-7-2-3-9(8(11)6-7)13-5-1-4-12-13;8-6(9)5-3-1-2-4-7-5;;;;;;/h4-7H,1-2H3;1,3-6,16H,7H2;1-4,6-7H;1-6,8-9H;7,12H,1-6H3;1-2,4-6H;1-4H,(H,8,9);1H3;;;;;/q4*-1;;-1;;-1;;;;;. The van der Waals surface area contributed by atoms with Crippen molar-refractivity contribution < 1.29 is 161 Å². The molecule has 11 rings (SSSR count). The van der Waals surface area contributed by atoms with Crippen molar-refractivity contribution in [2.75, 3.05) is 19.0 Å². The number of ketones is 1. The number of nitrogens with zero attached hydrogens (tertiary/aromatic N) is 9. The first-order chi connectivity index (χ1) is 44.6. The number of aliphatic hydroxyl groups is 2. The molecule has 0 saturated carbocycles. The van der Waals surface area contributed by atoms with Gasteiger partial charge >= 0.3 is 5.97 Å². The predicted molar refractivity (Wildman–Crippen MR) is 346 cm³/mol. The zero-order valence-corrected chi connectivity index (χ0v) is 66.6. The number of anilines is 1. The number of hydrogen-bond donors (Lipinski definition) is 3. The molecule has 14 nitrogen and oxygen atoms in total. The molecule has 0 atom stereocenters. The van der Waals surface area contributed by atoms with Gasteiger partial charge < -0.3 is 47.6 Å². The zero-order valence-electron chi connectivity index (χ0n) is 54.6. The summed E-state index contributed by atoms with van der Waals surface area (Å²) in [6, 6.07) is 51.5. The molecule has 0 amide bonds. The number of carbonyl (C=O) groups excluding carboxylic acids is 1. The van der Waals surface area contributed by atoms with Crippen LogP contribution >= 0.6 is 0 Å². The van der Waals surface area contributed by atoms with Crippen LogP contribution in [-0.4, -0.2) is 80.9 Å². The molecule has 7 aromatic heterocycles. The van der Waals surface area contributed by atoms with Crippen molar-refractivity contribution in [3.63, 3.8) is 0 Å². The fourth-order valence-corrected chi connectivity index (χ4v) is 7.02. The molecule has 539 valence electrons. The van der Waals surface area contributed by atoms with E-state index >= 15 is 0 Å². The second kappa shape index (κ2) is 47.3. The Hall–Kier alpha value is -7.88. The van der Waals surface area contributed by atoms with Gasteiger partial charge in [0.25, 0.3) is 0 Å². The van der Waals surface area contributed by atoms with Gasteiger partial charge in [-0.05, 0) is 76.5 Å². The molecule has 0 saturated heterocycles. The van der Waals surface area contributed by atoms with Crippen molar-refractivity contribution >= 4 is 17.4 Å². The molecule has 0 unspecified atom stereocenters. The number of carboxylic acid groups (broad SMARTS) is 1. The minimum absolute atomic E-state index is 0. The Labute approximate surface area is 643 Å². The largest absolute Gasteiger partial charge is 0.512 e. The monoisotopic (exact) mass is 2260 g/mol. The van der Waals surface area contributed by atoms with Gasteiger partial charge in [-0.15, -0.1) is 78.4 Å². The summed E-state index contributed by atoms with van der Waals surface area (Å²) in [4.78, 5) is 46.3. The van der Waals surface area contributed by atoms with E-state index < -0.39 is 58.2 Å². The Morgan fingerprint density at radius 3 is 1.46 bits per heavy atom. The maximum absolute atomic E-state index is 13.4. The van der Waals surface area contributed by atoms with Crippen LogP contribution in [0.2, 0.25) is 0 Å². The van der Waals surface area contributed by atoms with Gasteiger partial charge in [0.05, 0.1) is 6.61 Å². The Kier molecular flexibility index (Phi) is 44.5. The van der Waals surface area contributed by atoms with Gasteiger partial charge in [0.2, 0.25) is 0 Å². The fraction of sp³-hybridized carbons (Fsp3) is 0.151. The molecule has 0 fully saturated rings. The Bertz CT molecular complexity index is 4170. The molecule has 27 heteroatoms.